The second-order valence-corrected chi connectivity index (χ2v) is 7.82. The van der Waals surface area contributed by atoms with Crippen molar-refractivity contribution in [2.24, 2.45) is 0 Å². The van der Waals surface area contributed by atoms with Gasteiger partial charge in [0.2, 0.25) is 0 Å². The van der Waals surface area contributed by atoms with Crippen molar-refractivity contribution in [3.63, 3.8) is 0 Å². The number of amides is 2. The Balaban J connectivity index is 1.52. The lowest BCUT2D eigenvalue weighted by molar-refractivity contribution is 0.192. The molecule has 1 aliphatic heterocycles. The molecule has 0 spiro atoms. The van der Waals surface area contributed by atoms with Gasteiger partial charge in [-0.15, -0.1) is 0 Å². The van der Waals surface area contributed by atoms with Crippen LogP contribution >= 0.6 is 0 Å². The van der Waals surface area contributed by atoms with Crippen molar-refractivity contribution in [2.75, 3.05) is 18.5 Å². The molecule has 0 radical (unpaired) electrons. The van der Waals surface area contributed by atoms with E-state index in [9.17, 15) is 9.18 Å². The van der Waals surface area contributed by atoms with Crippen LogP contribution in [0.25, 0.3) is 10.9 Å². The number of anilines is 1. The van der Waals surface area contributed by atoms with Gasteiger partial charge in [0.1, 0.15) is 17.6 Å². The zero-order valence-electron chi connectivity index (χ0n) is 17.8. The van der Waals surface area contributed by atoms with Crippen LogP contribution in [0.1, 0.15) is 29.8 Å². The Hall–Kier alpha value is -3.80. The van der Waals surface area contributed by atoms with Crippen LogP contribution in [0.15, 0.2) is 72.8 Å². The molecule has 2 heterocycles. The molecule has 2 amide bonds. The standard InChI is InChI=1S/C26H24FN3O2/c1-2-32-18-13-11-17(12-14-18)28-26(31)30-16-15-20-19-7-4-6-10-23(19)29-24(20)25(30)21-8-3-5-9-22(21)27/h3-14,25,29H,2,15-16H2,1H3,(H,28,31). The van der Waals surface area contributed by atoms with Crippen molar-refractivity contribution in [3.8, 4) is 5.75 Å². The topological polar surface area (TPSA) is 57.4 Å². The smallest absolute Gasteiger partial charge is 0.322 e. The van der Waals surface area contributed by atoms with Gasteiger partial charge < -0.3 is 19.9 Å². The number of rotatable bonds is 4. The monoisotopic (exact) mass is 429 g/mol. The predicted molar refractivity (Wildman–Crippen MR) is 124 cm³/mol. The Bertz CT molecular complexity index is 1270. The number of aromatic amines is 1. The number of urea groups is 1. The van der Waals surface area contributed by atoms with Gasteiger partial charge in [-0.05, 0) is 55.3 Å². The lowest BCUT2D eigenvalue weighted by Crippen LogP contribution is -2.43. The van der Waals surface area contributed by atoms with Crippen LogP contribution in [0.5, 0.6) is 5.75 Å². The van der Waals surface area contributed by atoms with Crippen molar-refractivity contribution in [1.82, 2.24) is 9.88 Å². The number of benzene rings is 3. The van der Waals surface area contributed by atoms with E-state index in [2.05, 4.69) is 16.4 Å². The van der Waals surface area contributed by atoms with E-state index in [0.29, 0.717) is 30.8 Å². The number of H-pyrrole nitrogens is 1. The number of hydrogen-bond acceptors (Lipinski definition) is 2. The maximum Gasteiger partial charge on any atom is 0.322 e. The second kappa shape index (κ2) is 8.38. The highest BCUT2D eigenvalue weighted by Crippen LogP contribution is 2.39. The Morgan fingerprint density at radius 2 is 1.84 bits per heavy atom. The number of fused-ring (bicyclic) bond motifs is 3. The number of ether oxygens (including phenoxy) is 1. The fourth-order valence-corrected chi connectivity index (χ4v) is 4.48. The molecule has 5 rings (SSSR count). The van der Waals surface area contributed by atoms with Gasteiger partial charge in [0, 0.05) is 34.4 Å². The first kappa shape index (κ1) is 20.1. The van der Waals surface area contributed by atoms with Crippen molar-refractivity contribution >= 4 is 22.6 Å². The van der Waals surface area contributed by atoms with E-state index in [1.165, 1.54) is 6.07 Å². The predicted octanol–water partition coefficient (Wildman–Crippen LogP) is 5.89. The number of halogens is 1. The minimum Gasteiger partial charge on any atom is -0.494 e. The lowest BCUT2D eigenvalue weighted by atomic mass is 9.92. The van der Waals surface area contributed by atoms with Gasteiger partial charge in [-0.25, -0.2) is 9.18 Å². The molecule has 1 aromatic heterocycles. The largest absolute Gasteiger partial charge is 0.494 e. The zero-order valence-corrected chi connectivity index (χ0v) is 17.8. The summed E-state index contributed by atoms with van der Waals surface area (Å²) in [7, 11) is 0. The molecule has 0 saturated carbocycles. The summed E-state index contributed by atoms with van der Waals surface area (Å²) >= 11 is 0. The lowest BCUT2D eigenvalue weighted by Gasteiger charge is -2.36. The van der Waals surface area contributed by atoms with Gasteiger partial charge in [-0.3, -0.25) is 0 Å². The highest BCUT2D eigenvalue weighted by Gasteiger charge is 2.36. The van der Waals surface area contributed by atoms with Crippen molar-refractivity contribution in [2.45, 2.75) is 19.4 Å². The zero-order chi connectivity index (χ0) is 22.1. The van der Waals surface area contributed by atoms with Gasteiger partial charge in [0.25, 0.3) is 0 Å². The Morgan fingerprint density at radius 1 is 1.09 bits per heavy atom. The molecule has 0 bridgehead atoms. The van der Waals surface area contributed by atoms with E-state index in [0.717, 1.165) is 27.9 Å². The molecular formula is C26H24FN3O2. The normalized spacial score (nSPS) is 15.4. The van der Waals surface area contributed by atoms with Crippen LogP contribution in [0.3, 0.4) is 0 Å². The summed E-state index contributed by atoms with van der Waals surface area (Å²) in [5.74, 6) is 0.415. The maximum atomic E-state index is 14.9. The SMILES string of the molecule is CCOc1ccc(NC(=O)N2CCc3c([nH]c4ccccc34)C2c2ccccc2F)cc1. The van der Waals surface area contributed by atoms with Crippen LogP contribution in [0.4, 0.5) is 14.9 Å². The molecule has 1 aliphatic rings. The van der Waals surface area contributed by atoms with Gasteiger partial charge in [-0.2, -0.15) is 0 Å². The summed E-state index contributed by atoms with van der Waals surface area (Å²) in [5, 5.41) is 4.08. The Kier molecular flexibility index (Phi) is 5.27. The van der Waals surface area contributed by atoms with Gasteiger partial charge in [-0.1, -0.05) is 36.4 Å². The third-order valence-corrected chi connectivity index (χ3v) is 5.91. The maximum absolute atomic E-state index is 14.9. The number of carbonyl (C=O) groups excluding carboxylic acids is 1. The van der Waals surface area contributed by atoms with E-state index in [1.807, 2.05) is 37.3 Å². The fraction of sp³-hybridized carbons (Fsp3) is 0.192. The number of aromatic nitrogens is 1. The molecule has 0 aliphatic carbocycles. The average molecular weight is 429 g/mol. The quantitative estimate of drug-likeness (QED) is 0.425. The van der Waals surface area contributed by atoms with Crippen LogP contribution < -0.4 is 10.1 Å². The molecule has 1 unspecified atom stereocenters. The minimum absolute atomic E-state index is 0.272. The van der Waals surface area contributed by atoms with Gasteiger partial charge in [0.15, 0.2) is 0 Å². The number of hydrogen-bond donors (Lipinski definition) is 2. The molecule has 0 fully saturated rings. The van der Waals surface area contributed by atoms with Crippen molar-refractivity contribution < 1.29 is 13.9 Å². The van der Waals surface area contributed by atoms with E-state index in [4.69, 9.17) is 4.74 Å². The first-order valence-electron chi connectivity index (χ1n) is 10.8. The number of carbonyl (C=O) groups is 1. The fourth-order valence-electron chi connectivity index (χ4n) is 4.48. The van der Waals surface area contributed by atoms with Crippen LogP contribution in [0.2, 0.25) is 0 Å². The summed E-state index contributed by atoms with van der Waals surface area (Å²) in [4.78, 5) is 18.5. The highest BCUT2D eigenvalue weighted by atomic mass is 19.1. The molecule has 3 aromatic carbocycles. The third-order valence-electron chi connectivity index (χ3n) is 5.91. The summed E-state index contributed by atoms with van der Waals surface area (Å²) in [5.41, 5.74) is 4.13. The third kappa shape index (κ3) is 3.58. The Morgan fingerprint density at radius 3 is 2.62 bits per heavy atom. The van der Waals surface area contributed by atoms with E-state index in [1.54, 1.807) is 35.2 Å². The molecule has 5 nitrogen and oxygen atoms in total. The number of nitrogens with zero attached hydrogens (tertiary/aromatic N) is 1. The van der Waals surface area contributed by atoms with Crippen molar-refractivity contribution in [1.29, 1.82) is 0 Å². The second-order valence-electron chi connectivity index (χ2n) is 7.82. The molecular weight excluding hydrogens is 405 g/mol. The average Bonchev–Trinajstić information content (AvgIpc) is 3.19. The number of nitrogens with one attached hydrogen (secondary N) is 2. The molecule has 162 valence electrons. The van der Waals surface area contributed by atoms with Crippen LogP contribution in [-0.4, -0.2) is 29.1 Å². The summed E-state index contributed by atoms with van der Waals surface area (Å²) < 4.78 is 20.4. The van der Waals surface area contributed by atoms with Gasteiger partial charge >= 0.3 is 6.03 Å². The molecule has 6 heteroatoms. The van der Waals surface area contributed by atoms with Crippen molar-refractivity contribution in [3.05, 3.63) is 95.4 Å². The van der Waals surface area contributed by atoms with Crippen LogP contribution in [0, 0.1) is 5.82 Å². The molecule has 2 N–H and O–H groups in total. The molecule has 32 heavy (non-hydrogen) atoms. The first-order valence-corrected chi connectivity index (χ1v) is 10.8. The summed E-state index contributed by atoms with van der Waals surface area (Å²) in [6.07, 6.45) is 0.695. The number of para-hydroxylation sites is 1. The summed E-state index contributed by atoms with van der Waals surface area (Å²) in [6.45, 7) is 2.99. The van der Waals surface area contributed by atoms with E-state index in [-0.39, 0.29) is 11.8 Å². The molecule has 4 aromatic rings. The minimum atomic E-state index is -0.546. The molecule has 0 saturated heterocycles. The summed E-state index contributed by atoms with van der Waals surface area (Å²) in [6, 6.07) is 21.1. The Labute approximate surface area is 185 Å². The first-order chi connectivity index (χ1) is 15.7. The highest BCUT2D eigenvalue weighted by molar-refractivity contribution is 5.91. The van der Waals surface area contributed by atoms with E-state index >= 15 is 0 Å². The van der Waals surface area contributed by atoms with Crippen LogP contribution in [-0.2, 0) is 6.42 Å². The van der Waals surface area contributed by atoms with Gasteiger partial charge in [0.05, 0.1) is 6.61 Å². The van der Waals surface area contributed by atoms with E-state index < -0.39 is 6.04 Å². The molecule has 1 atom stereocenters.